The molecule has 1 aromatic carbocycles. The Labute approximate surface area is 200 Å². The quantitative estimate of drug-likeness (QED) is 0.566. The Morgan fingerprint density at radius 2 is 2.09 bits per heavy atom. The van der Waals surface area contributed by atoms with E-state index in [2.05, 4.69) is 47.7 Å². The molecule has 1 unspecified atom stereocenters. The zero-order valence-corrected chi connectivity index (χ0v) is 20.0. The number of aromatic nitrogens is 4. The van der Waals surface area contributed by atoms with Gasteiger partial charge in [0.15, 0.2) is 0 Å². The van der Waals surface area contributed by atoms with Crippen LogP contribution in [0.25, 0.3) is 10.9 Å². The number of rotatable bonds is 6. The first kappa shape index (κ1) is 22.4. The number of H-pyrrole nitrogens is 1. The molecular formula is C26H32N6O2. The maximum absolute atomic E-state index is 12.0. The number of ether oxygens (including phenoxy) is 1. The number of carbonyl (C=O) groups is 1. The number of hydrogen-bond acceptors (Lipinski definition) is 6. The Balaban J connectivity index is 1.47. The van der Waals surface area contributed by atoms with Crippen molar-refractivity contribution < 1.29 is 9.53 Å². The van der Waals surface area contributed by atoms with E-state index in [1.165, 1.54) is 28.2 Å². The molecule has 1 aliphatic carbocycles. The van der Waals surface area contributed by atoms with Crippen molar-refractivity contribution in [1.29, 1.82) is 0 Å². The normalized spacial score (nSPS) is 18.1. The van der Waals surface area contributed by atoms with E-state index in [4.69, 9.17) is 14.7 Å². The standard InChI is InChI=1S/C26H32N6O2/c1-4-14-34-26-28-22-15-18(24-17(3)6-9-21-20(24)16-27-30-21)7-8-19(22)25(29-26)32-12-10-31(11-13-32)23(33)5-2/h5-6,9,16,18H,2,4,7-8,10-15H2,1,3H3,(H,27,30). The highest BCUT2D eigenvalue weighted by Crippen LogP contribution is 2.40. The fourth-order valence-electron chi connectivity index (χ4n) is 5.30. The molecule has 34 heavy (non-hydrogen) atoms. The summed E-state index contributed by atoms with van der Waals surface area (Å²) in [4.78, 5) is 25.9. The molecule has 5 rings (SSSR count). The summed E-state index contributed by atoms with van der Waals surface area (Å²) in [5.74, 6) is 1.33. The van der Waals surface area contributed by atoms with E-state index in [1.807, 2.05) is 11.1 Å². The van der Waals surface area contributed by atoms with Crippen molar-refractivity contribution in [2.24, 2.45) is 0 Å². The number of piperazine rings is 1. The molecular weight excluding hydrogens is 428 g/mol. The van der Waals surface area contributed by atoms with Crippen molar-refractivity contribution in [3.05, 3.63) is 53.4 Å². The summed E-state index contributed by atoms with van der Waals surface area (Å²) in [7, 11) is 0. The summed E-state index contributed by atoms with van der Waals surface area (Å²) in [5.41, 5.74) is 6.04. The number of aryl methyl sites for hydroxylation is 1. The second-order valence-corrected chi connectivity index (χ2v) is 9.19. The Morgan fingerprint density at radius 3 is 2.85 bits per heavy atom. The monoisotopic (exact) mass is 460 g/mol. The van der Waals surface area contributed by atoms with Gasteiger partial charge in [0, 0.05) is 37.1 Å². The number of carbonyl (C=O) groups excluding carboxylic acids is 1. The third-order valence-corrected chi connectivity index (χ3v) is 7.03. The van der Waals surface area contributed by atoms with Crippen LogP contribution < -0.4 is 9.64 Å². The fourth-order valence-corrected chi connectivity index (χ4v) is 5.30. The summed E-state index contributed by atoms with van der Waals surface area (Å²) >= 11 is 0. The molecule has 1 N–H and O–H groups in total. The number of hydrogen-bond donors (Lipinski definition) is 1. The van der Waals surface area contributed by atoms with Crippen LogP contribution in [0.1, 0.15) is 48.1 Å². The highest BCUT2D eigenvalue weighted by molar-refractivity contribution is 5.87. The fraction of sp³-hybridized carbons (Fsp3) is 0.462. The van der Waals surface area contributed by atoms with Crippen LogP contribution in [0.3, 0.4) is 0 Å². The van der Waals surface area contributed by atoms with Crippen molar-refractivity contribution in [3.8, 4) is 6.01 Å². The van der Waals surface area contributed by atoms with Crippen LogP contribution in [0, 0.1) is 6.92 Å². The van der Waals surface area contributed by atoms with Crippen LogP contribution in [-0.4, -0.2) is 63.8 Å². The summed E-state index contributed by atoms with van der Waals surface area (Å²) in [6.45, 7) is 11.3. The number of aromatic amines is 1. The lowest BCUT2D eigenvalue weighted by atomic mass is 9.79. The van der Waals surface area contributed by atoms with Gasteiger partial charge in [-0.1, -0.05) is 19.6 Å². The zero-order valence-electron chi connectivity index (χ0n) is 20.0. The third kappa shape index (κ3) is 4.13. The average molecular weight is 461 g/mol. The Kier molecular flexibility index (Phi) is 6.22. The first-order chi connectivity index (χ1) is 16.6. The number of anilines is 1. The van der Waals surface area contributed by atoms with Gasteiger partial charge >= 0.3 is 6.01 Å². The largest absolute Gasteiger partial charge is 0.463 e. The van der Waals surface area contributed by atoms with Crippen molar-refractivity contribution in [1.82, 2.24) is 25.1 Å². The van der Waals surface area contributed by atoms with Crippen LogP contribution >= 0.6 is 0 Å². The van der Waals surface area contributed by atoms with E-state index in [1.54, 1.807) is 0 Å². The predicted octanol–water partition coefficient (Wildman–Crippen LogP) is 3.56. The Bertz CT molecular complexity index is 1210. The maximum atomic E-state index is 12.0. The van der Waals surface area contributed by atoms with Gasteiger partial charge in [0.25, 0.3) is 0 Å². The third-order valence-electron chi connectivity index (χ3n) is 7.03. The van der Waals surface area contributed by atoms with Gasteiger partial charge in [-0.2, -0.15) is 15.1 Å². The van der Waals surface area contributed by atoms with Gasteiger partial charge in [-0.05, 0) is 61.8 Å². The molecule has 1 amide bonds. The molecule has 3 aromatic rings. The number of amides is 1. The molecule has 1 aliphatic heterocycles. The molecule has 8 heteroatoms. The van der Waals surface area contributed by atoms with Gasteiger partial charge in [-0.3, -0.25) is 9.89 Å². The van der Waals surface area contributed by atoms with E-state index < -0.39 is 0 Å². The summed E-state index contributed by atoms with van der Waals surface area (Å²) in [6.07, 6.45) is 7.05. The molecule has 178 valence electrons. The smallest absolute Gasteiger partial charge is 0.318 e. The molecule has 2 aromatic heterocycles. The Morgan fingerprint density at radius 1 is 1.26 bits per heavy atom. The van der Waals surface area contributed by atoms with Crippen LogP contribution in [0.15, 0.2) is 31.0 Å². The van der Waals surface area contributed by atoms with E-state index in [9.17, 15) is 4.79 Å². The summed E-state index contributed by atoms with van der Waals surface area (Å²) in [6, 6.07) is 4.74. The first-order valence-corrected chi connectivity index (χ1v) is 12.2. The van der Waals surface area contributed by atoms with Crippen molar-refractivity contribution in [3.63, 3.8) is 0 Å². The van der Waals surface area contributed by atoms with Crippen LogP contribution in [-0.2, 0) is 17.6 Å². The van der Waals surface area contributed by atoms with Crippen LogP contribution in [0.2, 0.25) is 0 Å². The number of fused-ring (bicyclic) bond motifs is 2. The van der Waals surface area contributed by atoms with Gasteiger partial charge in [0.05, 0.1) is 24.0 Å². The molecule has 1 saturated heterocycles. The molecule has 0 spiro atoms. The highest BCUT2D eigenvalue weighted by atomic mass is 16.5. The SMILES string of the molecule is C=CC(=O)N1CCN(c2nc(OCCC)nc3c2CCC(c2c(C)ccc4[nH]ncc24)C3)CC1. The van der Waals surface area contributed by atoms with Gasteiger partial charge < -0.3 is 14.5 Å². The van der Waals surface area contributed by atoms with Gasteiger partial charge in [0.1, 0.15) is 5.82 Å². The van der Waals surface area contributed by atoms with E-state index in [0.717, 1.165) is 55.8 Å². The molecule has 0 radical (unpaired) electrons. The molecule has 2 aliphatic rings. The van der Waals surface area contributed by atoms with Crippen molar-refractivity contribution in [2.45, 2.75) is 45.4 Å². The topological polar surface area (TPSA) is 87.2 Å². The molecule has 0 saturated carbocycles. The predicted molar refractivity (Wildman–Crippen MR) is 132 cm³/mol. The van der Waals surface area contributed by atoms with Crippen LogP contribution in [0.4, 0.5) is 5.82 Å². The minimum Gasteiger partial charge on any atom is -0.463 e. The lowest BCUT2D eigenvalue weighted by Gasteiger charge is -2.37. The van der Waals surface area contributed by atoms with Crippen LogP contribution in [0.5, 0.6) is 6.01 Å². The minimum absolute atomic E-state index is 0.0111. The van der Waals surface area contributed by atoms with Gasteiger partial charge in [-0.15, -0.1) is 0 Å². The minimum atomic E-state index is -0.0111. The zero-order chi connectivity index (χ0) is 23.7. The summed E-state index contributed by atoms with van der Waals surface area (Å²) < 4.78 is 5.91. The maximum Gasteiger partial charge on any atom is 0.318 e. The first-order valence-electron chi connectivity index (χ1n) is 12.2. The van der Waals surface area contributed by atoms with Gasteiger partial charge in [-0.25, -0.2) is 0 Å². The second kappa shape index (κ2) is 9.44. The average Bonchev–Trinajstić information content (AvgIpc) is 3.35. The lowest BCUT2D eigenvalue weighted by molar-refractivity contribution is -0.126. The van der Waals surface area contributed by atoms with Crippen molar-refractivity contribution in [2.75, 3.05) is 37.7 Å². The molecule has 0 bridgehead atoms. The summed E-state index contributed by atoms with van der Waals surface area (Å²) in [5, 5.41) is 8.59. The highest BCUT2D eigenvalue weighted by Gasteiger charge is 2.30. The van der Waals surface area contributed by atoms with Gasteiger partial charge in [0.2, 0.25) is 5.91 Å². The number of nitrogens with zero attached hydrogens (tertiary/aromatic N) is 5. The molecule has 1 atom stereocenters. The number of benzene rings is 1. The van der Waals surface area contributed by atoms with E-state index >= 15 is 0 Å². The number of nitrogens with one attached hydrogen (secondary N) is 1. The van der Waals surface area contributed by atoms with E-state index in [0.29, 0.717) is 31.6 Å². The molecule has 8 nitrogen and oxygen atoms in total. The lowest BCUT2D eigenvalue weighted by Crippen LogP contribution is -2.49. The molecule has 3 heterocycles. The van der Waals surface area contributed by atoms with Crippen molar-refractivity contribution >= 4 is 22.6 Å². The second-order valence-electron chi connectivity index (χ2n) is 9.19. The molecule has 1 fully saturated rings. The van der Waals surface area contributed by atoms with E-state index in [-0.39, 0.29) is 5.91 Å². The Hall–Kier alpha value is -3.42.